The summed E-state index contributed by atoms with van der Waals surface area (Å²) in [5.41, 5.74) is 0.799. The third kappa shape index (κ3) is 10.4. The summed E-state index contributed by atoms with van der Waals surface area (Å²) in [4.78, 5) is 50.2. The summed E-state index contributed by atoms with van der Waals surface area (Å²) in [7, 11) is 0. The molecule has 1 aromatic carbocycles. The number of rotatable bonds is 16. The first-order chi connectivity index (χ1) is 19.1. The van der Waals surface area contributed by atoms with Crippen LogP contribution in [0.1, 0.15) is 77.2 Å². The predicted molar refractivity (Wildman–Crippen MR) is 140 cm³/mol. The molecule has 1 aliphatic heterocycles. The second-order valence-corrected chi connectivity index (χ2v) is 8.97. The molecule has 0 aromatic heterocycles. The minimum absolute atomic E-state index is 0.00940. The minimum Gasteiger partial charge on any atom is -0.434 e. The van der Waals surface area contributed by atoms with E-state index < -0.39 is 41.5 Å². The average molecular weight is 566 g/mol. The molecular weight excluding hydrogens is 530 g/mol. The number of hydrogen-bond acceptors (Lipinski definition) is 12. The molecule has 1 atom stereocenters. The van der Waals surface area contributed by atoms with Crippen LogP contribution in [0.2, 0.25) is 0 Å². The van der Waals surface area contributed by atoms with Gasteiger partial charge in [0.2, 0.25) is 0 Å². The van der Waals surface area contributed by atoms with E-state index in [0.717, 1.165) is 25.7 Å². The summed E-state index contributed by atoms with van der Waals surface area (Å²) >= 11 is 0. The van der Waals surface area contributed by atoms with E-state index >= 15 is 0 Å². The van der Waals surface area contributed by atoms with Gasteiger partial charge in [0.15, 0.2) is 0 Å². The van der Waals surface area contributed by atoms with Crippen LogP contribution in [0.25, 0.3) is 0 Å². The van der Waals surface area contributed by atoms with Gasteiger partial charge in [-0.15, -0.1) is 10.1 Å². The Balaban J connectivity index is 2.17. The van der Waals surface area contributed by atoms with Gasteiger partial charge < -0.3 is 29.1 Å². The normalized spacial score (nSPS) is 14.7. The lowest BCUT2D eigenvalue weighted by Crippen LogP contribution is -2.29. The number of carbonyl (C=O) groups is 2. The van der Waals surface area contributed by atoms with Crippen molar-refractivity contribution < 1.29 is 43.4 Å². The molecule has 0 aliphatic carbocycles. The first-order valence-electron chi connectivity index (χ1n) is 13.0. The maximum Gasteiger partial charge on any atom is 0.513 e. The molecule has 1 aliphatic rings. The molecule has 0 amide bonds. The second kappa shape index (κ2) is 16.6. The molecule has 0 saturated carbocycles. The van der Waals surface area contributed by atoms with Crippen LogP contribution in [0.3, 0.4) is 0 Å². The third-order valence-electron chi connectivity index (χ3n) is 5.91. The minimum atomic E-state index is -1.21. The van der Waals surface area contributed by atoms with Crippen molar-refractivity contribution in [3.8, 4) is 0 Å². The highest BCUT2D eigenvalue weighted by atomic mass is 17.0. The van der Waals surface area contributed by atoms with Crippen LogP contribution < -0.4 is 5.32 Å². The summed E-state index contributed by atoms with van der Waals surface area (Å²) in [6.45, 7) is 4.54. The van der Waals surface area contributed by atoms with Gasteiger partial charge in [-0.05, 0) is 25.8 Å². The van der Waals surface area contributed by atoms with E-state index in [1.165, 1.54) is 31.0 Å². The molecule has 0 radical (unpaired) electrons. The van der Waals surface area contributed by atoms with Crippen molar-refractivity contribution in [1.29, 1.82) is 0 Å². The van der Waals surface area contributed by atoms with Crippen LogP contribution in [-0.2, 0) is 23.8 Å². The summed E-state index contributed by atoms with van der Waals surface area (Å²) < 4.78 is 21.0. The van der Waals surface area contributed by atoms with E-state index in [4.69, 9.17) is 18.9 Å². The monoisotopic (exact) mass is 565 g/mol. The van der Waals surface area contributed by atoms with E-state index in [2.05, 4.69) is 17.1 Å². The third-order valence-corrected chi connectivity index (χ3v) is 5.91. The van der Waals surface area contributed by atoms with Gasteiger partial charge in [-0.3, -0.25) is 10.1 Å². The van der Waals surface area contributed by atoms with E-state index in [0.29, 0.717) is 23.4 Å². The Bertz CT molecular complexity index is 1120. The molecule has 1 heterocycles. The summed E-state index contributed by atoms with van der Waals surface area (Å²) in [6, 6.07) is 5.56. The molecule has 2 rings (SSSR count). The molecule has 0 fully saturated rings. The topological polar surface area (TPSA) is 179 Å². The highest BCUT2D eigenvalue weighted by Crippen LogP contribution is 2.40. The van der Waals surface area contributed by atoms with E-state index in [-0.39, 0.29) is 23.8 Å². The number of ether oxygens (including phenoxy) is 4. The van der Waals surface area contributed by atoms with Crippen molar-refractivity contribution >= 4 is 18.0 Å². The number of nitrogens with one attached hydrogen (secondary N) is 1. The maximum absolute atomic E-state index is 12.6. The summed E-state index contributed by atoms with van der Waals surface area (Å²) in [5.74, 6) is -1.11. The van der Waals surface area contributed by atoms with Crippen LogP contribution in [0, 0.1) is 20.2 Å². The van der Waals surface area contributed by atoms with Crippen molar-refractivity contribution in [2.45, 2.75) is 71.6 Å². The summed E-state index contributed by atoms with van der Waals surface area (Å²) in [6.07, 6.45) is 5.10. The van der Waals surface area contributed by atoms with E-state index in [1.54, 1.807) is 19.9 Å². The molecule has 0 spiro atoms. The molecule has 40 heavy (non-hydrogen) atoms. The Hall–Kier alpha value is -4.36. The van der Waals surface area contributed by atoms with Crippen molar-refractivity contribution in [3.63, 3.8) is 0 Å². The first-order valence-corrected chi connectivity index (χ1v) is 13.0. The van der Waals surface area contributed by atoms with Gasteiger partial charge in [-0.2, -0.15) is 0 Å². The lowest BCUT2D eigenvalue weighted by molar-refractivity contribution is -0.757. The number of carbonyl (C=O) groups excluding carboxylic acids is 2. The zero-order chi connectivity index (χ0) is 29.5. The van der Waals surface area contributed by atoms with Crippen LogP contribution >= 0.6 is 0 Å². The molecule has 1 aromatic rings. The Morgan fingerprint density at radius 2 is 1.43 bits per heavy atom. The Morgan fingerprint density at radius 1 is 0.850 bits per heavy atom. The molecule has 14 heteroatoms. The van der Waals surface area contributed by atoms with Gasteiger partial charge in [-0.25, -0.2) is 9.59 Å². The smallest absolute Gasteiger partial charge is 0.434 e. The van der Waals surface area contributed by atoms with Crippen molar-refractivity contribution in [2.75, 3.05) is 19.8 Å². The van der Waals surface area contributed by atoms with Gasteiger partial charge in [0.1, 0.15) is 30.6 Å². The second-order valence-electron chi connectivity index (χ2n) is 8.97. The fourth-order valence-corrected chi connectivity index (χ4v) is 4.04. The zero-order valence-corrected chi connectivity index (χ0v) is 22.8. The van der Waals surface area contributed by atoms with Gasteiger partial charge in [0.05, 0.1) is 22.9 Å². The maximum atomic E-state index is 12.6. The van der Waals surface area contributed by atoms with Gasteiger partial charge in [-0.1, -0.05) is 57.6 Å². The van der Waals surface area contributed by atoms with Crippen molar-refractivity contribution in [1.82, 2.24) is 5.32 Å². The Labute approximate surface area is 231 Å². The van der Waals surface area contributed by atoms with Crippen LogP contribution in [0.15, 0.2) is 47.2 Å². The zero-order valence-electron chi connectivity index (χ0n) is 22.8. The van der Waals surface area contributed by atoms with Crippen molar-refractivity contribution in [2.24, 2.45) is 0 Å². The number of benzene rings is 1. The van der Waals surface area contributed by atoms with Crippen LogP contribution in [0.5, 0.6) is 0 Å². The fourth-order valence-electron chi connectivity index (χ4n) is 4.04. The molecule has 14 nitrogen and oxygen atoms in total. The number of unbranched alkanes of at least 4 members (excludes halogenated alkanes) is 6. The number of dihydropyridines is 1. The molecule has 0 bridgehead atoms. The number of nitro benzene ring substituents is 1. The molecule has 1 N–H and O–H groups in total. The number of nitro groups is 1. The van der Waals surface area contributed by atoms with Crippen LogP contribution in [0.4, 0.5) is 15.3 Å². The Morgan fingerprint density at radius 3 is 2.00 bits per heavy atom. The first kappa shape index (κ1) is 31.9. The molecule has 0 saturated heterocycles. The quantitative estimate of drug-likeness (QED) is 0.107. The predicted octanol–water partition coefficient (Wildman–Crippen LogP) is 6.01. The van der Waals surface area contributed by atoms with Crippen molar-refractivity contribution in [3.05, 3.63) is 73.0 Å². The summed E-state index contributed by atoms with van der Waals surface area (Å²) in [5, 5.41) is 23.6. The highest BCUT2D eigenvalue weighted by Gasteiger charge is 2.36. The Kier molecular flexibility index (Phi) is 13.2. The van der Waals surface area contributed by atoms with Crippen LogP contribution in [-0.4, -0.2) is 42.1 Å². The number of nitrogens with zero attached hydrogens (tertiary/aromatic N) is 2. The lowest BCUT2D eigenvalue weighted by atomic mass is 9.90. The fraction of sp³-hybridized carbons (Fsp3) is 0.538. The molecular formula is C26H35N3O11. The standard InChI is InChI=1S/C26H35N3O11/c1-4-5-6-7-8-9-10-14-36-25(30)39-23-18(2)27-19(3)24(40-26(31)37-15-16-38-29(34)35)22(23)20-12-11-13-21(17-20)28(32)33/h11-13,17,22,27H,4-10,14-16H2,1-3H3. The van der Waals surface area contributed by atoms with E-state index in [1.807, 2.05) is 0 Å². The number of non-ortho nitro benzene ring substituents is 1. The van der Waals surface area contributed by atoms with Gasteiger partial charge >= 0.3 is 12.3 Å². The lowest BCUT2D eigenvalue weighted by Gasteiger charge is -2.30. The molecule has 220 valence electrons. The SMILES string of the molecule is CCCCCCCCCOC(=O)OC1=C(C)NC(C)=C(OC(=O)OCCO[N+](=O)[O-])C1c1cccc([N+](=O)[O-])c1. The largest absolute Gasteiger partial charge is 0.513 e. The number of hydrogen-bond donors (Lipinski definition) is 1. The average Bonchev–Trinajstić information content (AvgIpc) is 2.91. The van der Waals surface area contributed by atoms with Gasteiger partial charge in [0.25, 0.3) is 10.8 Å². The van der Waals surface area contributed by atoms with Gasteiger partial charge in [0, 0.05) is 12.1 Å². The van der Waals surface area contributed by atoms with E-state index in [9.17, 15) is 29.8 Å². The number of allylic oxidation sites excluding steroid dienone is 2. The highest BCUT2D eigenvalue weighted by molar-refractivity contribution is 5.65. The molecule has 1 unspecified atom stereocenters.